The third-order valence-electron chi connectivity index (χ3n) is 4.67. The topological polar surface area (TPSA) is 72.5 Å². The van der Waals surface area contributed by atoms with E-state index in [0.29, 0.717) is 16.8 Å². The Kier molecular flexibility index (Phi) is 7.73. The third kappa shape index (κ3) is 6.62. The monoisotopic (exact) mass is 479 g/mol. The number of rotatable bonds is 9. The van der Waals surface area contributed by atoms with Gasteiger partial charge in [-0.15, -0.1) is 0 Å². The van der Waals surface area contributed by atoms with Gasteiger partial charge in [-0.3, -0.25) is 9.59 Å². The molecule has 0 heterocycles. The second-order valence-electron chi connectivity index (χ2n) is 7.09. The maximum atomic E-state index is 12.8. The van der Waals surface area contributed by atoms with Crippen LogP contribution in [-0.2, 0) is 9.53 Å². The molecule has 0 unspecified atom stereocenters. The molecular formula is C25H22BrNO4. The molecule has 0 aromatic heterocycles. The van der Waals surface area contributed by atoms with Crippen LogP contribution in [0.15, 0.2) is 83.3 Å². The summed E-state index contributed by atoms with van der Waals surface area (Å²) in [6.45, 7) is 1.56. The molecule has 0 spiro atoms. The van der Waals surface area contributed by atoms with Crippen LogP contribution < -0.4 is 5.32 Å². The van der Waals surface area contributed by atoms with Crippen molar-refractivity contribution >= 4 is 39.2 Å². The number of benzene rings is 3. The van der Waals surface area contributed by atoms with Crippen LogP contribution in [0.5, 0.6) is 0 Å². The maximum absolute atomic E-state index is 12.8. The van der Waals surface area contributed by atoms with Gasteiger partial charge in [0.15, 0.2) is 18.2 Å². The molecule has 1 N–H and O–H groups in total. The molecular weight excluding hydrogens is 458 g/mol. The Morgan fingerprint density at radius 1 is 0.839 bits per heavy atom. The number of esters is 1. The molecule has 31 heavy (non-hydrogen) atoms. The minimum atomic E-state index is -0.923. The molecule has 5 nitrogen and oxygen atoms in total. The van der Waals surface area contributed by atoms with E-state index in [0.717, 1.165) is 10.0 Å². The van der Waals surface area contributed by atoms with E-state index < -0.39 is 18.6 Å². The molecule has 0 bridgehead atoms. The van der Waals surface area contributed by atoms with Gasteiger partial charge in [0.1, 0.15) is 6.04 Å². The van der Waals surface area contributed by atoms with Crippen LogP contribution in [0.3, 0.4) is 0 Å². The van der Waals surface area contributed by atoms with Crippen molar-refractivity contribution in [2.75, 3.05) is 11.9 Å². The number of aryl methyl sites for hydroxylation is 1. The highest BCUT2D eigenvalue weighted by Crippen LogP contribution is 2.15. The SMILES string of the molecule is Cc1ccc(N[C@H](CC(=O)c2ccccc2)C(=O)OCC(=O)c2ccc(Br)cc2)cc1. The predicted molar refractivity (Wildman–Crippen MR) is 123 cm³/mol. The Bertz CT molecular complexity index is 1050. The summed E-state index contributed by atoms with van der Waals surface area (Å²) in [6, 6.07) is 22.1. The van der Waals surface area contributed by atoms with E-state index >= 15 is 0 Å². The van der Waals surface area contributed by atoms with Crippen LogP contribution in [0, 0.1) is 6.92 Å². The predicted octanol–water partition coefficient (Wildman–Crippen LogP) is 5.24. The first-order chi connectivity index (χ1) is 14.9. The van der Waals surface area contributed by atoms with Crippen molar-refractivity contribution in [1.29, 1.82) is 0 Å². The molecule has 1 atom stereocenters. The van der Waals surface area contributed by atoms with Crippen LogP contribution in [-0.4, -0.2) is 30.2 Å². The molecule has 0 radical (unpaired) electrons. The summed E-state index contributed by atoms with van der Waals surface area (Å²) in [6.07, 6.45) is -0.0941. The fourth-order valence-electron chi connectivity index (χ4n) is 2.93. The van der Waals surface area contributed by atoms with Gasteiger partial charge in [-0.1, -0.05) is 76.1 Å². The molecule has 0 aliphatic rings. The van der Waals surface area contributed by atoms with Gasteiger partial charge >= 0.3 is 5.97 Å². The number of nitrogens with one attached hydrogen (secondary N) is 1. The first-order valence-corrected chi connectivity index (χ1v) is 10.6. The van der Waals surface area contributed by atoms with Gasteiger partial charge < -0.3 is 10.1 Å². The van der Waals surface area contributed by atoms with Crippen molar-refractivity contribution in [2.45, 2.75) is 19.4 Å². The van der Waals surface area contributed by atoms with Crippen molar-refractivity contribution < 1.29 is 19.1 Å². The molecule has 0 aliphatic carbocycles. The molecule has 3 aromatic rings. The minimum Gasteiger partial charge on any atom is -0.456 e. The summed E-state index contributed by atoms with van der Waals surface area (Å²) in [7, 11) is 0. The van der Waals surface area contributed by atoms with Crippen LogP contribution in [0.1, 0.15) is 32.7 Å². The summed E-state index contributed by atoms with van der Waals surface area (Å²) in [4.78, 5) is 37.8. The van der Waals surface area contributed by atoms with Gasteiger partial charge in [-0.25, -0.2) is 4.79 Å². The van der Waals surface area contributed by atoms with Crippen molar-refractivity contribution in [2.24, 2.45) is 0 Å². The van der Waals surface area contributed by atoms with Gasteiger partial charge in [0.25, 0.3) is 0 Å². The molecule has 0 fully saturated rings. The molecule has 0 saturated heterocycles. The quantitative estimate of drug-likeness (QED) is 0.335. The summed E-state index contributed by atoms with van der Waals surface area (Å²) >= 11 is 3.32. The van der Waals surface area contributed by atoms with E-state index in [-0.39, 0.29) is 18.0 Å². The smallest absolute Gasteiger partial charge is 0.329 e. The molecule has 158 valence electrons. The van der Waals surface area contributed by atoms with Gasteiger partial charge in [0, 0.05) is 27.7 Å². The third-order valence-corrected chi connectivity index (χ3v) is 5.20. The highest BCUT2D eigenvalue weighted by molar-refractivity contribution is 9.10. The van der Waals surface area contributed by atoms with E-state index in [1.807, 2.05) is 37.3 Å². The molecule has 0 saturated carbocycles. The van der Waals surface area contributed by atoms with Crippen LogP contribution in [0.4, 0.5) is 5.69 Å². The minimum absolute atomic E-state index is 0.0941. The Morgan fingerprint density at radius 2 is 1.45 bits per heavy atom. The molecule has 3 rings (SSSR count). The van der Waals surface area contributed by atoms with Gasteiger partial charge in [0.05, 0.1) is 0 Å². The van der Waals surface area contributed by atoms with E-state index in [1.54, 1.807) is 48.5 Å². The number of hydrogen-bond donors (Lipinski definition) is 1. The van der Waals surface area contributed by atoms with E-state index in [9.17, 15) is 14.4 Å². The maximum Gasteiger partial charge on any atom is 0.329 e. The zero-order valence-electron chi connectivity index (χ0n) is 17.0. The number of Topliss-reactive ketones (excluding diaryl/α,β-unsaturated/α-hetero) is 2. The normalized spacial score (nSPS) is 11.4. The van der Waals surface area contributed by atoms with E-state index in [1.165, 1.54) is 0 Å². The van der Waals surface area contributed by atoms with Crippen LogP contribution in [0.25, 0.3) is 0 Å². The molecule has 6 heteroatoms. The summed E-state index contributed by atoms with van der Waals surface area (Å²) in [5, 5.41) is 3.06. The Balaban J connectivity index is 1.70. The first kappa shape index (κ1) is 22.4. The number of ketones is 2. The number of carbonyl (C=O) groups excluding carboxylic acids is 3. The average Bonchev–Trinajstić information content (AvgIpc) is 2.79. The first-order valence-electron chi connectivity index (χ1n) is 9.79. The Morgan fingerprint density at radius 3 is 2.10 bits per heavy atom. The van der Waals surface area contributed by atoms with Crippen molar-refractivity contribution in [3.05, 3.63) is 100 Å². The van der Waals surface area contributed by atoms with Crippen molar-refractivity contribution in [3.8, 4) is 0 Å². The average molecular weight is 480 g/mol. The molecule has 3 aromatic carbocycles. The van der Waals surface area contributed by atoms with Crippen LogP contribution >= 0.6 is 15.9 Å². The second kappa shape index (κ2) is 10.7. The summed E-state index contributed by atoms with van der Waals surface area (Å²) < 4.78 is 6.12. The van der Waals surface area contributed by atoms with Crippen LogP contribution in [0.2, 0.25) is 0 Å². The molecule has 0 amide bonds. The lowest BCUT2D eigenvalue weighted by Crippen LogP contribution is -2.34. The number of carbonyl (C=O) groups is 3. The Labute approximate surface area is 189 Å². The highest BCUT2D eigenvalue weighted by atomic mass is 79.9. The van der Waals surface area contributed by atoms with Gasteiger partial charge in [0.2, 0.25) is 0 Å². The largest absolute Gasteiger partial charge is 0.456 e. The number of anilines is 1. The van der Waals surface area contributed by atoms with Gasteiger partial charge in [-0.05, 0) is 31.2 Å². The standard InChI is InChI=1S/C25H22BrNO4/c1-17-7-13-21(14-8-17)27-22(15-23(28)18-5-3-2-4-6-18)25(30)31-16-24(29)19-9-11-20(26)12-10-19/h2-14,22,27H,15-16H2,1H3/t22-/m1/s1. The number of halogens is 1. The molecule has 0 aliphatic heterocycles. The highest BCUT2D eigenvalue weighted by Gasteiger charge is 2.25. The van der Waals surface area contributed by atoms with Gasteiger partial charge in [-0.2, -0.15) is 0 Å². The fraction of sp³-hybridized carbons (Fsp3) is 0.160. The van der Waals surface area contributed by atoms with E-state index in [2.05, 4.69) is 21.2 Å². The zero-order valence-corrected chi connectivity index (χ0v) is 18.6. The van der Waals surface area contributed by atoms with E-state index in [4.69, 9.17) is 4.74 Å². The second-order valence-corrected chi connectivity index (χ2v) is 8.01. The summed E-state index contributed by atoms with van der Waals surface area (Å²) in [5.74, 6) is -1.17. The lowest BCUT2D eigenvalue weighted by Gasteiger charge is -2.18. The summed E-state index contributed by atoms with van der Waals surface area (Å²) in [5.41, 5.74) is 2.72. The lowest BCUT2D eigenvalue weighted by molar-refractivity contribution is -0.143. The zero-order chi connectivity index (χ0) is 22.2. The lowest BCUT2D eigenvalue weighted by atomic mass is 10.0. The fourth-order valence-corrected chi connectivity index (χ4v) is 3.19. The van der Waals surface area contributed by atoms with Crippen molar-refractivity contribution in [1.82, 2.24) is 0 Å². The Hall–Kier alpha value is -3.25. The number of ether oxygens (including phenoxy) is 1. The number of hydrogen-bond acceptors (Lipinski definition) is 5. The van der Waals surface area contributed by atoms with Crippen molar-refractivity contribution in [3.63, 3.8) is 0 Å².